The summed E-state index contributed by atoms with van der Waals surface area (Å²) in [6.45, 7) is 0. The lowest BCUT2D eigenvalue weighted by atomic mass is 10.1. The average Bonchev–Trinajstić information content (AvgIpc) is 3.38. The Labute approximate surface area is 184 Å². The summed E-state index contributed by atoms with van der Waals surface area (Å²) in [5.74, 6) is 0. The Balaban J connectivity index is 1.81. The molecule has 0 atom stereocenters. The quantitative estimate of drug-likeness (QED) is 0.319. The fourth-order valence-electron chi connectivity index (χ4n) is 5.03. The van der Waals surface area contributed by atoms with Crippen molar-refractivity contribution in [2.75, 3.05) is 0 Å². The van der Waals surface area contributed by atoms with E-state index in [-0.39, 0.29) is 0 Å². The molecule has 0 aliphatic carbocycles. The molecule has 3 heterocycles. The van der Waals surface area contributed by atoms with Gasteiger partial charge in [0.1, 0.15) is 0 Å². The Hall–Kier alpha value is -4.44. The molecule has 0 bridgehead atoms. The monoisotopic (exact) mass is 410 g/mol. The fraction of sp³-hybridized carbons (Fsp3) is 0. The molecular formula is C28H18N4. The van der Waals surface area contributed by atoms with Crippen LogP contribution in [0.5, 0.6) is 0 Å². The molecule has 7 rings (SSSR count). The lowest BCUT2D eigenvalue weighted by molar-refractivity contribution is 0.999. The van der Waals surface area contributed by atoms with Crippen molar-refractivity contribution < 1.29 is 0 Å². The molecule has 0 unspecified atom stereocenters. The number of hydrogen-bond donors (Lipinski definition) is 0. The Morgan fingerprint density at radius 2 is 1.00 bits per heavy atom. The van der Waals surface area contributed by atoms with Gasteiger partial charge in [0.05, 0.1) is 40.1 Å². The van der Waals surface area contributed by atoms with Gasteiger partial charge in [0.2, 0.25) is 0 Å². The molecule has 0 fully saturated rings. The van der Waals surface area contributed by atoms with Crippen LogP contribution in [0.15, 0.2) is 109 Å². The Bertz CT molecular complexity index is 1630. The van der Waals surface area contributed by atoms with E-state index in [4.69, 9.17) is 0 Å². The number of rotatable bonds is 2. The third-order valence-corrected chi connectivity index (χ3v) is 6.31. The van der Waals surface area contributed by atoms with Crippen LogP contribution in [0.1, 0.15) is 0 Å². The van der Waals surface area contributed by atoms with Crippen molar-refractivity contribution in [1.29, 1.82) is 0 Å². The largest absolute Gasteiger partial charge is 0.307 e. The van der Waals surface area contributed by atoms with Crippen molar-refractivity contribution >= 4 is 43.6 Å². The van der Waals surface area contributed by atoms with Gasteiger partial charge in [-0.25, -0.2) is 0 Å². The summed E-state index contributed by atoms with van der Waals surface area (Å²) in [5.41, 5.74) is 6.89. The van der Waals surface area contributed by atoms with Gasteiger partial charge in [-0.3, -0.25) is 0 Å². The molecule has 7 aromatic rings. The van der Waals surface area contributed by atoms with E-state index in [1.54, 1.807) is 6.20 Å². The van der Waals surface area contributed by atoms with E-state index in [9.17, 15) is 0 Å². The third kappa shape index (κ3) is 2.26. The van der Waals surface area contributed by atoms with Crippen LogP contribution < -0.4 is 0 Å². The average molecular weight is 410 g/mol. The van der Waals surface area contributed by atoms with Crippen molar-refractivity contribution in [1.82, 2.24) is 19.3 Å². The van der Waals surface area contributed by atoms with Crippen LogP contribution in [0.2, 0.25) is 0 Å². The summed E-state index contributed by atoms with van der Waals surface area (Å²) in [7, 11) is 0. The normalized spacial score (nSPS) is 11.8. The van der Waals surface area contributed by atoms with Crippen LogP contribution in [0, 0.1) is 0 Å². The zero-order chi connectivity index (χ0) is 21.1. The number of nitrogens with zero attached hydrogens (tertiary/aromatic N) is 4. The minimum Gasteiger partial charge on any atom is -0.307 e. The van der Waals surface area contributed by atoms with Gasteiger partial charge in [-0.15, -0.1) is 0 Å². The van der Waals surface area contributed by atoms with Gasteiger partial charge in [-0.1, -0.05) is 66.7 Å². The molecule has 3 aromatic heterocycles. The maximum Gasteiger partial charge on any atom is 0.0789 e. The highest BCUT2D eigenvalue weighted by atomic mass is 15.1. The molecule has 0 aliphatic rings. The number of hydrogen-bond acceptors (Lipinski definition) is 2. The van der Waals surface area contributed by atoms with Gasteiger partial charge in [0, 0.05) is 27.2 Å². The second-order valence-electron chi connectivity index (χ2n) is 8.00. The van der Waals surface area contributed by atoms with E-state index in [1.165, 1.54) is 38.1 Å². The second kappa shape index (κ2) is 6.53. The Kier molecular flexibility index (Phi) is 3.52. The van der Waals surface area contributed by atoms with Crippen molar-refractivity contribution in [3.63, 3.8) is 0 Å². The van der Waals surface area contributed by atoms with E-state index >= 15 is 0 Å². The Morgan fingerprint density at radius 3 is 1.59 bits per heavy atom. The molecule has 0 aliphatic heterocycles. The van der Waals surface area contributed by atoms with E-state index < -0.39 is 0 Å². The summed E-state index contributed by atoms with van der Waals surface area (Å²) in [6, 6.07) is 34.4. The summed E-state index contributed by atoms with van der Waals surface area (Å²) >= 11 is 0. The van der Waals surface area contributed by atoms with E-state index in [2.05, 4.69) is 110 Å². The highest BCUT2D eigenvalue weighted by Crippen LogP contribution is 2.41. The molecule has 0 radical (unpaired) electrons. The van der Waals surface area contributed by atoms with Crippen LogP contribution in [0.3, 0.4) is 0 Å². The number of para-hydroxylation sites is 3. The number of benzene rings is 4. The highest BCUT2D eigenvalue weighted by Gasteiger charge is 2.20. The molecule has 0 N–H and O–H groups in total. The second-order valence-corrected chi connectivity index (χ2v) is 8.00. The van der Waals surface area contributed by atoms with Gasteiger partial charge < -0.3 is 9.13 Å². The maximum absolute atomic E-state index is 4.18. The first-order valence-corrected chi connectivity index (χ1v) is 10.7. The predicted molar refractivity (Wildman–Crippen MR) is 131 cm³/mol. The SMILES string of the molecule is c1ccc(-n2c3ccccc3c3ccc4c5ccccc5n(-c5ccnnc5)c4c32)cc1. The van der Waals surface area contributed by atoms with E-state index in [0.29, 0.717) is 0 Å². The van der Waals surface area contributed by atoms with Crippen LogP contribution in [0.4, 0.5) is 0 Å². The molecule has 0 spiro atoms. The molecule has 32 heavy (non-hydrogen) atoms. The van der Waals surface area contributed by atoms with Crippen LogP contribution >= 0.6 is 0 Å². The smallest absolute Gasteiger partial charge is 0.0789 e. The van der Waals surface area contributed by atoms with Gasteiger partial charge >= 0.3 is 0 Å². The van der Waals surface area contributed by atoms with Gasteiger partial charge in [0.25, 0.3) is 0 Å². The lowest BCUT2D eigenvalue weighted by Gasteiger charge is -2.11. The fourth-order valence-corrected chi connectivity index (χ4v) is 5.03. The zero-order valence-electron chi connectivity index (χ0n) is 17.2. The van der Waals surface area contributed by atoms with Gasteiger partial charge in [0.15, 0.2) is 0 Å². The van der Waals surface area contributed by atoms with E-state index in [1.807, 2.05) is 12.3 Å². The summed E-state index contributed by atoms with van der Waals surface area (Å²) in [4.78, 5) is 0. The van der Waals surface area contributed by atoms with Crippen LogP contribution in [-0.2, 0) is 0 Å². The first-order chi connectivity index (χ1) is 15.9. The number of aromatic nitrogens is 4. The first-order valence-electron chi connectivity index (χ1n) is 10.7. The van der Waals surface area contributed by atoms with Crippen molar-refractivity contribution in [3.8, 4) is 11.4 Å². The van der Waals surface area contributed by atoms with Crippen molar-refractivity contribution in [2.24, 2.45) is 0 Å². The zero-order valence-corrected chi connectivity index (χ0v) is 17.2. The standard InChI is InChI=1S/C28H18N4/c1-2-8-19(9-3-1)31-25-12-6-4-10-21(25)23-14-15-24-22-11-5-7-13-26(22)32(28(24)27(23)31)20-16-17-29-30-18-20/h1-18H. The van der Waals surface area contributed by atoms with E-state index in [0.717, 1.165) is 16.9 Å². The molecule has 150 valence electrons. The van der Waals surface area contributed by atoms with Crippen LogP contribution in [0.25, 0.3) is 55.0 Å². The molecule has 4 nitrogen and oxygen atoms in total. The minimum absolute atomic E-state index is 1.00. The molecule has 4 aromatic carbocycles. The number of fused-ring (bicyclic) bond motifs is 7. The molecule has 0 saturated heterocycles. The summed E-state index contributed by atoms with van der Waals surface area (Å²) in [6.07, 6.45) is 3.59. The first kappa shape index (κ1) is 17.3. The topological polar surface area (TPSA) is 35.6 Å². The summed E-state index contributed by atoms with van der Waals surface area (Å²) < 4.78 is 4.71. The molecule has 0 amide bonds. The Morgan fingerprint density at radius 1 is 0.438 bits per heavy atom. The van der Waals surface area contributed by atoms with Crippen molar-refractivity contribution in [2.45, 2.75) is 0 Å². The minimum atomic E-state index is 1.00. The van der Waals surface area contributed by atoms with Crippen molar-refractivity contribution in [3.05, 3.63) is 109 Å². The van der Waals surface area contributed by atoms with Gasteiger partial charge in [-0.2, -0.15) is 10.2 Å². The summed E-state index contributed by atoms with van der Waals surface area (Å²) in [5, 5.41) is 13.1. The van der Waals surface area contributed by atoms with Crippen LogP contribution in [-0.4, -0.2) is 19.3 Å². The third-order valence-electron chi connectivity index (χ3n) is 6.31. The van der Waals surface area contributed by atoms with Gasteiger partial charge in [-0.05, 0) is 30.3 Å². The highest BCUT2D eigenvalue weighted by molar-refractivity contribution is 6.23. The predicted octanol–water partition coefficient (Wildman–Crippen LogP) is 6.67. The maximum atomic E-state index is 4.18. The molecule has 0 saturated carbocycles. The lowest BCUT2D eigenvalue weighted by Crippen LogP contribution is -1.99. The molecular weight excluding hydrogens is 392 g/mol. The molecule has 4 heteroatoms.